The number of carbonyl (C=O) groups is 2. The number of hydrogen-bond acceptors (Lipinski definition) is 6. The molecule has 1 aliphatic rings. The van der Waals surface area contributed by atoms with Crippen LogP contribution in [0.1, 0.15) is 27.7 Å². The molecule has 1 aromatic carbocycles. The van der Waals surface area contributed by atoms with Crippen molar-refractivity contribution in [3.05, 3.63) is 63.6 Å². The molecule has 1 atom stereocenters. The van der Waals surface area contributed by atoms with Crippen molar-refractivity contribution in [3.8, 4) is 5.75 Å². The summed E-state index contributed by atoms with van der Waals surface area (Å²) < 4.78 is 5.04. The van der Waals surface area contributed by atoms with E-state index in [1.807, 2.05) is 0 Å². The maximum absolute atomic E-state index is 12.9. The first kappa shape index (κ1) is 18.2. The van der Waals surface area contributed by atoms with Crippen LogP contribution in [0.3, 0.4) is 0 Å². The van der Waals surface area contributed by atoms with Crippen molar-refractivity contribution in [2.75, 3.05) is 20.3 Å². The number of carbonyl (C=O) groups excluding carboxylic acids is 2. The highest BCUT2D eigenvalue weighted by molar-refractivity contribution is 7.12. The third kappa shape index (κ3) is 3.36. The van der Waals surface area contributed by atoms with E-state index in [1.54, 1.807) is 36.8 Å². The Kier molecular flexibility index (Phi) is 5.39. The quantitative estimate of drug-likeness (QED) is 0.575. The summed E-state index contributed by atoms with van der Waals surface area (Å²) in [6.07, 6.45) is 0.561. The average molecular weight is 373 g/mol. The Bertz CT molecular complexity index is 843. The van der Waals surface area contributed by atoms with Gasteiger partial charge in [0.05, 0.1) is 16.5 Å². The van der Waals surface area contributed by atoms with Crippen molar-refractivity contribution in [2.45, 2.75) is 12.5 Å². The predicted octanol–water partition coefficient (Wildman–Crippen LogP) is 3.07. The van der Waals surface area contributed by atoms with E-state index in [9.17, 15) is 19.8 Å². The molecule has 7 heteroatoms. The SMILES string of the molecule is COCCCN1C(=O)C(O)=C(C(=O)c2cccs2)[C@H]1c1cccc(O)c1. The zero-order chi connectivity index (χ0) is 18.7. The van der Waals surface area contributed by atoms with E-state index in [1.165, 1.54) is 28.4 Å². The summed E-state index contributed by atoms with van der Waals surface area (Å²) >= 11 is 1.25. The molecule has 1 aliphatic heterocycles. The highest BCUT2D eigenvalue weighted by Gasteiger charge is 2.43. The first-order valence-electron chi connectivity index (χ1n) is 8.14. The number of aliphatic hydroxyl groups is 1. The van der Waals surface area contributed by atoms with Gasteiger partial charge in [-0.05, 0) is 35.6 Å². The number of aromatic hydroxyl groups is 1. The van der Waals surface area contributed by atoms with Gasteiger partial charge in [-0.1, -0.05) is 18.2 Å². The van der Waals surface area contributed by atoms with Gasteiger partial charge < -0.3 is 19.8 Å². The smallest absolute Gasteiger partial charge is 0.290 e. The molecule has 0 aliphatic carbocycles. The van der Waals surface area contributed by atoms with E-state index in [0.717, 1.165) is 0 Å². The number of thiophene rings is 1. The fraction of sp³-hybridized carbons (Fsp3) is 0.263. The molecule has 3 rings (SSSR count). The zero-order valence-electron chi connectivity index (χ0n) is 14.2. The topological polar surface area (TPSA) is 87.1 Å². The van der Waals surface area contributed by atoms with Gasteiger partial charge >= 0.3 is 0 Å². The van der Waals surface area contributed by atoms with Gasteiger partial charge in [0.1, 0.15) is 5.75 Å². The number of nitrogens with zero attached hydrogens (tertiary/aromatic N) is 1. The van der Waals surface area contributed by atoms with Gasteiger partial charge in [0.25, 0.3) is 5.91 Å². The van der Waals surface area contributed by atoms with E-state index in [0.29, 0.717) is 30.0 Å². The number of hydrogen-bond donors (Lipinski definition) is 2. The lowest BCUT2D eigenvalue weighted by Gasteiger charge is -2.26. The van der Waals surface area contributed by atoms with Crippen LogP contribution in [0.2, 0.25) is 0 Å². The molecule has 0 unspecified atom stereocenters. The van der Waals surface area contributed by atoms with E-state index in [2.05, 4.69) is 0 Å². The van der Waals surface area contributed by atoms with Crippen LogP contribution in [0.5, 0.6) is 5.75 Å². The lowest BCUT2D eigenvalue weighted by atomic mass is 9.95. The van der Waals surface area contributed by atoms with Gasteiger partial charge in [-0.15, -0.1) is 11.3 Å². The Morgan fingerprint density at radius 1 is 1.27 bits per heavy atom. The highest BCUT2D eigenvalue weighted by atomic mass is 32.1. The van der Waals surface area contributed by atoms with Crippen molar-refractivity contribution in [1.29, 1.82) is 0 Å². The number of benzene rings is 1. The summed E-state index contributed by atoms with van der Waals surface area (Å²) in [6.45, 7) is 0.768. The summed E-state index contributed by atoms with van der Waals surface area (Å²) in [5, 5.41) is 22.0. The Hall–Kier alpha value is -2.64. The van der Waals surface area contributed by atoms with Gasteiger partial charge in [0.15, 0.2) is 5.76 Å². The number of Topliss-reactive ketones (excluding diaryl/α,β-unsaturated/α-hetero) is 1. The van der Waals surface area contributed by atoms with E-state index in [4.69, 9.17) is 4.74 Å². The molecular formula is C19H19NO5S. The molecule has 6 nitrogen and oxygen atoms in total. The highest BCUT2D eigenvalue weighted by Crippen LogP contribution is 2.40. The van der Waals surface area contributed by atoms with Crippen LogP contribution in [0.4, 0.5) is 0 Å². The molecule has 136 valence electrons. The van der Waals surface area contributed by atoms with Gasteiger partial charge in [-0.25, -0.2) is 0 Å². The number of ether oxygens (including phenoxy) is 1. The van der Waals surface area contributed by atoms with Crippen molar-refractivity contribution in [3.63, 3.8) is 0 Å². The van der Waals surface area contributed by atoms with Crippen LogP contribution < -0.4 is 0 Å². The Labute approximate surface area is 155 Å². The van der Waals surface area contributed by atoms with E-state index < -0.39 is 17.7 Å². The molecule has 0 spiro atoms. The lowest BCUT2D eigenvalue weighted by Crippen LogP contribution is -2.32. The van der Waals surface area contributed by atoms with Gasteiger partial charge in [0.2, 0.25) is 5.78 Å². The molecular weight excluding hydrogens is 354 g/mol. The Morgan fingerprint density at radius 3 is 2.73 bits per heavy atom. The van der Waals surface area contributed by atoms with E-state index >= 15 is 0 Å². The largest absolute Gasteiger partial charge is 0.508 e. The molecule has 0 bridgehead atoms. The number of phenolic OH excluding ortho intramolecular Hbond substituents is 1. The van der Waals surface area contributed by atoms with Crippen molar-refractivity contribution >= 4 is 23.0 Å². The minimum atomic E-state index is -0.749. The van der Waals surface area contributed by atoms with Crippen LogP contribution in [0.25, 0.3) is 0 Å². The van der Waals surface area contributed by atoms with Crippen LogP contribution in [-0.2, 0) is 9.53 Å². The Morgan fingerprint density at radius 2 is 2.08 bits per heavy atom. The zero-order valence-corrected chi connectivity index (χ0v) is 15.0. The minimum absolute atomic E-state index is 0.0288. The first-order chi connectivity index (χ1) is 12.5. The summed E-state index contributed by atoms with van der Waals surface area (Å²) in [7, 11) is 1.57. The molecule has 0 radical (unpaired) electrons. The number of aliphatic hydroxyl groups excluding tert-OH is 1. The first-order valence-corrected chi connectivity index (χ1v) is 9.02. The van der Waals surface area contributed by atoms with Gasteiger partial charge in [0, 0.05) is 20.3 Å². The lowest BCUT2D eigenvalue weighted by molar-refractivity contribution is -0.129. The minimum Gasteiger partial charge on any atom is -0.508 e. The second-order valence-corrected chi connectivity index (χ2v) is 6.86. The maximum atomic E-state index is 12.9. The van der Waals surface area contributed by atoms with Crippen molar-refractivity contribution in [2.24, 2.45) is 0 Å². The number of methoxy groups -OCH3 is 1. The summed E-state index contributed by atoms with van der Waals surface area (Å²) in [6, 6.07) is 9.03. The molecule has 0 fully saturated rings. The summed E-state index contributed by atoms with van der Waals surface area (Å²) in [4.78, 5) is 27.4. The summed E-state index contributed by atoms with van der Waals surface area (Å²) in [5.74, 6) is -1.47. The fourth-order valence-electron chi connectivity index (χ4n) is 3.08. The molecule has 26 heavy (non-hydrogen) atoms. The number of phenols is 1. The van der Waals surface area contributed by atoms with Crippen molar-refractivity contribution < 1.29 is 24.5 Å². The predicted molar refractivity (Wildman–Crippen MR) is 97.4 cm³/mol. The molecule has 1 amide bonds. The molecule has 2 heterocycles. The van der Waals surface area contributed by atoms with Gasteiger partial charge in [-0.2, -0.15) is 0 Å². The van der Waals surface area contributed by atoms with Crippen LogP contribution in [-0.4, -0.2) is 47.1 Å². The second kappa shape index (κ2) is 7.72. The molecule has 1 aromatic heterocycles. The molecule has 0 saturated heterocycles. The number of ketones is 1. The summed E-state index contributed by atoms with van der Waals surface area (Å²) in [5.41, 5.74) is 0.611. The van der Waals surface area contributed by atoms with E-state index in [-0.39, 0.29) is 17.1 Å². The molecule has 2 aromatic rings. The third-order valence-corrected chi connectivity index (χ3v) is 5.10. The monoisotopic (exact) mass is 373 g/mol. The second-order valence-electron chi connectivity index (χ2n) is 5.91. The molecule has 2 N–H and O–H groups in total. The van der Waals surface area contributed by atoms with Crippen LogP contribution in [0, 0.1) is 0 Å². The standard InChI is InChI=1S/C19H19NO5S/c1-25-9-4-8-20-16(12-5-2-6-13(21)11-12)15(18(23)19(20)24)17(22)14-7-3-10-26-14/h2-3,5-7,10-11,16,21,23H,4,8-9H2,1H3/t16-/m1/s1. The van der Waals surface area contributed by atoms with Crippen LogP contribution in [0.15, 0.2) is 53.1 Å². The van der Waals surface area contributed by atoms with Crippen LogP contribution >= 0.6 is 11.3 Å². The number of amides is 1. The fourth-order valence-corrected chi connectivity index (χ4v) is 3.76. The van der Waals surface area contributed by atoms with Gasteiger partial charge in [-0.3, -0.25) is 9.59 Å². The third-order valence-electron chi connectivity index (χ3n) is 4.23. The van der Waals surface area contributed by atoms with Crippen molar-refractivity contribution in [1.82, 2.24) is 4.90 Å². The number of rotatable bonds is 7. The maximum Gasteiger partial charge on any atom is 0.290 e. The normalized spacial score (nSPS) is 17.2. The molecule has 0 saturated carbocycles. The average Bonchev–Trinajstić information content (AvgIpc) is 3.24. The Balaban J connectivity index is 2.04.